The van der Waals surface area contributed by atoms with Crippen LogP contribution in [0.25, 0.3) is 0 Å². The van der Waals surface area contributed by atoms with Crippen molar-refractivity contribution >= 4 is 5.69 Å². The van der Waals surface area contributed by atoms with Crippen LogP contribution in [0.3, 0.4) is 0 Å². The number of piperidine rings is 1. The lowest BCUT2D eigenvalue weighted by Gasteiger charge is -2.40. The third kappa shape index (κ3) is 4.19. The van der Waals surface area contributed by atoms with Crippen LogP contribution in [-0.4, -0.2) is 19.1 Å². The van der Waals surface area contributed by atoms with Crippen LogP contribution in [-0.2, 0) is 6.42 Å². The maximum absolute atomic E-state index is 13.5. The minimum Gasteiger partial charge on any atom is -0.371 e. The molecule has 118 valence electrons. The maximum atomic E-state index is 13.5. The van der Waals surface area contributed by atoms with E-state index >= 15 is 0 Å². The summed E-state index contributed by atoms with van der Waals surface area (Å²) in [5.74, 6) is 0.602. The van der Waals surface area contributed by atoms with E-state index in [1.54, 1.807) is 12.1 Å². The summed E-state index contributed by atoms with van der Waals surface area (Å²) >= 11 is 0. The van der Waals surface area contributed by atoms with Crippen LogP contribution in [0.4, 0.5) is 10.1 Å². The molecule has 2 N–H and O–H groups in total. The Morgan fingerprint density at radius 3 is 2.43 bits per heavy atom. The lowest BCUT2D eigenvalue weighted by Crippen LogP contribution is -2.38. The highest BCUT2D eigenvalue weighted by molar-refractivity contribution is 5.54. The van der Waals surface area contributed by atoms with Gasteiger partial charge in [-0.2, -0.15) is 0 Å². The summed E-state index contributed by atoms with van der Waals surface area (Å²) < 4.78 is 13.5. The fraction of sp³-hybridized carbons (Fsp3) is 0.667. The smallest absolute Gasteiger partial charge is 0.123 e. The molecule has 0 bridgehead atoms. The molecule has 21 heavy (non-hydrogen) atoms. The Balaban J connectivity index is 2.13. The summed E-state index contributed by atoms with van der Waals surface area (Å²) in [6.07, 6.45) is 3.14. The van der Waals surface area contributed by atoms with Gasteiger partial charge in [0.05, 0.1) is 0 Å². The van der Waals surface area contributed by atoms with E-state index in [0.29, 0.717) is 5.41 Å². The third-order valence-electron chi connectivity index (χ3n) is 4.64. The second-order valence-corrected chi connectivity index (χ2v) is 7.58. The number of nitrogens with two attached hydrogens (primary N) is 1. The Bertz CT molecular complexity index is 469. The topological polar surface area (TPSA) is 29.3 Å². The van der Waals surface area contributed by atoms with Crippen molar-refractivity contribution in [2.75, 3.05) is 18.0 Å². The van der Waals surface area contributed by atoms with Crippen molar-refractivity contribution in [3.05, 3.63) is 29.6 Å². The first-order valence-electron chi connectivity index (χ1n) is 8.06. The molecule has 1 atom stereocenters. The van der Waals surface area contributed by atoms with Gasteiger partial charge in [-0.1, -0.05) is 20.8 Å². The molecule has 1 aliphatic rings. The van der Waals surface area contributed by atoms with Gasteiger partial charge in [0.15, 0.2) is 0 Å². The Morgan fingerprint density at radius 2 is 1.90 bits per heavy atom. The van der Waals surface area contributed by atoms with E-state index in [2.05, 4.69) is 25.7 Å². The zero-order chi connectivity index (χ0) is 15.6. The van der Waals surface area contributed by atoms with Gasteiger partial charge >= 0.3 is 0 Å². The van der Waals surface area contributed by atoms with E-state index in [4.69, 9.17) is 5.73 Å². The highest BCUT2D eigenvalue weighted by Gasteiger charge is 2.29. The average molecular weight is 292 g/mol. The molecular weight excluding hydrogens is 263 g/mol. The van der Waals surface area contributed by atoms with Crippen molar-refractivity contribution < 1.29 is 4.39 Å². The van der Waals surface area contributed by atoms with E-state index < -0.39 is 0 Å². The van der Waals surface area contributed by atoms with Crippen LogP contribution in [0, 0.1) is 17.2 Å². The summed E-state index contributed by atoms with van der Waals surface area (Å²) in [5, 5.41) is 0. The van der Waals surface area contributed by atoms with Gasteiger partial charge in [0, 0.05) is 24.8 Å². The molecule has 2 nitrogen and oxygen atoms in total. The normalized spacial score (nSPS) is 18.9. The minimum absolute atomic E-state index is 0.0534. The average Bonchev–Trinajstić information content (AvgIpc) is 2.37. The van der Waals surface area contributed by atoms with Crippen molar-refractivity contribution in [1.82, 2.24) is 0 Å². The fourth-order valence-corrected chi connectivity index (χ4v) is 3.36. The maximum Gasteiger partial charge on any atom is 0.123 e. The minimum atomic E-state index is -0.168. The van der Waals surface area contributed by atoms with Crippen molar-refractivity contribution in [3.63, 3.8) is 0 Å². The molecule has 0 aromatic heterocycles. The summed E-state index contributed by atoms with van der Waals surface area (Å²) in [7, 11) is 0. The summed E-state index contributed by atoms with van der Waals surface area (Å²) in [6.45, 7) is 11.1. The number of hydrogen-bond donors (Lipinski definition) is 1. The first-order chi connectivity index (χ1) is 9.77. The third-order valence-corrected chi connectivity index (χ3v) is 4.64. The van der Waals surface area contributed by atoms with Gasteiger partial charge < -0.3 is 10.6 Å². The van der Waals surface area contributed by atoms with Gasteiger partial charge in [-0.25, -0.2) is 4.39 Å². The highest BCUT2D eigenvalue weighted by atomic mass is 19.1. The standard InChI is InChI=1S/C18H29FN2/c1-13(20)11-14-12-16(19)5-6-17(14)21-9-7-15(8-10-21)18(2,3)4/h5-6,12-13,15H,7-11,20H2,1-4H3. The predicted octanol–water partition coefficient (Wildman–Crippen LogP) is 3.98. The van der Waals surface area contributed by atoms with E-state index in [1.807, 2.05) is 13.0 Å². The van der Waals surface area contributed by atoms with Crippen molar-refractivity contribution in [2.45, 2.75) is 53.0 Å². The fourth-order valence-electron chi connectivity index (χ4n) is 3.36. The van der Waals surface area contributed by atoms with Gasteiger partial charge in [0.25, 0.3) is 0 Å². The zero-order valence-corrected chi connectivity index (χ0v) is 13.8. The second kappa shape index (κ2) is 6.35. The predicted molar refractivity (Wildman–Crippen MR) is 88.1 cm³/mol. The number of anilines is 1. The quantitative estimate of drug-likeness (QED) is 0.913. The van der Waals surface area contributed by atoms with E-state index in [9.17, 15) is 4.39 Å². The number of hydrogen-bond acceptors (Lipinski definition) is 2. The summed E-state index contributed by atoms with van der Waals surface area (Å²) in [4.78, 5) is 2.40. The van der Waals surface area contributed by atoms with Gasteiger partial charge in [0.1, 0.15) is 5.82 Å². The molecule has 1 saturated heterocycles. The van der Waals surface area contributed by atoms with Crippen LogP contribution in [0.2, 0.25) is 0 Å². The van der Waals surface area contributed by atoms with Gasteiger partial charge in [-0.05, 0) is 61.3 Å². The zero-order valence-electron chi connectivity index (χ0n) is 13.8. The lowest BCUT2D eigenvalue weighted by atomic mass is 9.75. The van der Waals surface area contributed by atoms with E-state index in [0.717, 1.165) is 31.0 Å². The molecule has 1 aliphatic heterocycles. The Labute approximate surface area is 128 Å². The monoisotopic (exact) mass is 292 g/mol. The van der Waals surface area contributed by atoms with Crippen LogP contribution < -0.4 is 10.6 Å². The molecule has 0 aliphatic carbocycles. The molecule has 0 amide bonds. The van der Waals surface area contributed by atoms with Crippen LogP contribution >= 0.6 is 0 Å². The van der Waals surface area contributed by atoms with Crippen molar-refractivity contribution in [1.29, 1.82) is 0 Å². The van der Waals surface area contributed by atoms with Gasteiger partial charge in [-0.15, -0.1) is 0 Å². The highest BCUT2D eigenvalue weighted by Crippen LogP contribution is 2.36. The van der Waals surface area contributed by atoms with Gasteiger partial charge in [0.2, 0.25) is 0 Å². The molecule has 1 fully saturated rings. The molecule has 1 unspecified atom stereocenters. The SMILES string of the molecule is CC(N)Cc1cc(F)ccc1N1CCC(C(C)(C)C)CC1. The largest absolute Gasteiger partial charge is 0.371 e. The lowest BCUT2D eigenvalue weighted by molar-refractivity contribution is 0.199. The molecule has 1 heterocycles. The molecule has 1 aromatic carbocycles. The van der Waals surface area contributed by atoms with Gasteiger partial charge in [-0.3, -0.25) is 0 Å². The molecule has 3 heteroatoms. The number of benzene rings is 1. The van der Waals surface area contributed by atoms with E-state index in [-0.39, 0.29) is 11.9 Å². The molecule has 0 spiro atoms. The second-order valence-electron chi connectivity index (χ2n) is 7.58. The Hall–Kier alpha value is -1.09. The molecular formula is C18H29FN2. The van der Waals surface area contributed by atoms with Crippen molar-refractivity contribution in [3.8, 4) is 0 Å². The molecule has 0 radical (unpaired) electrons. The number of halogens is 1. The summed E-state index contributed by atoms with van der Waals surface area (Å²) in [6, 6.07) is 5.19. The number of nitrogens with zero attached hydrogens (tertiary/aromatic N) is 1. The molecule has 1 aromatic rings. The van der Waals surface area contributed by atoms with Crippen LogP contribution in [0.1, 0.15) is 46.1 Å². The van der Waals surface area contributed by atoms with Crippen LogP contribution in [0.5, 0.6) is 0 Å². The summed E-state index contributed by atoms with van der Waals surface area (Å²) in [5.41, 5.74) is 8.50. The van der Waals surface area contributed by atoms with E-state index in [1.165, 1.54) is 18.5 Å². The Kier molecular flexibility index (Phi) is 4.92. The van der Waals surface area contributed by atoms with Crippen molar-refractivity contribution in [2.24, 2.45) is 17.1 Å². The molecule has 2 rings (SSSR count). The molecule has 0 saturated carbocycles. The van der Waals surface area contributed by atoms with Crippen LogP contribution in [0.15, 0.2) is 18.2 Å². The number of rotatable bonds is 3. The first kappa shape index (κ1) is 16.3. The Morgan fingerprint density at radius 1 is 1.29 bits per heavy atom. The first-order valence-corrected chi connectivity index (χ1v) is 8.06.